The van der Waals surface area contributed by atoms with Crippen LogP contribution in [0.3, 0.4) is 0 Å². The molecule has 3 nitrogen and oxygen atoms in total. The summed E-state index contributed by atoms with van der Waals surface area (Å²) in [6.45, 7) is 7.60. The van der Waals surface area contributed by atoms with Crippen molar-refractivity contribution in [3.63, 3.8) is 0 Å². The van der Waals surface area contributed by atoms with Gasteiger partial charge in [-0.15, -0.1) is 6.58 Å². The van der Waals surface area contributed by atoms with Crippen LogP contribution < -0.4 is 0 Å². The van der Waals surface area contributed by atoms with E-state index >= 15 is 0 Å². The molecule has 1 aliphatic rings. The van der Waals surface area contributed by atoms with E-state index < -0.39 is 18.3 Å². The molecule has 4 heteroatoms. The average molecular weight is 275 g/mol. The zero-order valence-corrected chi connectivity index (χ0v) is 9.98. The highest BCUT2D eigenvalue weighted by molar-refractivity contribution is 9.11. The lowest BCUT2D eigenvalue weighted by Crippen LogP contribution is -2.45. The van der Waals surface area contributed by atoms with Crippen LogP contribution in [0.1, 0.15) is 6.42 Å². The lowest BCUT2D eigenvalue weighted by molar-refractivity contribution is -0.0869. The van der Waals surface area contributed by atoms with Gasteiger partial charge in [0.05, 0.1) is 12.7 Å². The average Bonchev–Trinajstić information content (AvgIpc) is 2.23. The van der Waals surface area contributed by atoms with Gasteiger partial charge in [0.1, 0.15) is 12.2 Å². The minimum atomic E-state index is -0.863. The first-order valence-electron chi connectivity index (χ1n) is 4.68. The summed E-state index contributed by atoms with van der Waals surface area (Å²) >= 11 is 3.18. The third-order valence-corrected chi connectivity index (χ3v) is 2.98. The van der Waals surface area contributed by atoms with Crippen molar-refractivity contribution in [2.75, 3.05) is 6.61 Å². The fourth-order valence-electron chi connectivity index (χ4n) is 1.57. The summed E-state index contributed by atoms with van der Waals surface area (Å²) < 4.78 is 5.30. The standard InChI is InChI=1S/C11H15BrO3/c1-3-4-15-11-9(13)5-8(6-12)7(2)10(11)14/h3,6,9-11,13-14H,1-2,4-5H2/b8-6-/t9-,10-,11+/m1/s1. The predicted molar refractivity (Wildman–Crippen MR) is 62.7 cm³/mol. The number of halogens is 1. The minimum Gasteiger partial charge on any atom is -0.390 e. The molecule has 2 N–H and O–H groups in total. The zero-order chi connectivity index (χ0) is 11.4. The van der Waals surface area contributed by atoms with E-state index in [0.29, 0.717) is 18.6 Å². The van der Waals surface area contributed by atoms with E-state index in [1.54, 1.807) is 11.1 Å². The first-order valence-corrected chi connectivity index (χ1v) is 5.60. The summed E-state index contributed by atoms with van der Waals surface area (Å²) in [7, 11) is 0. The Morgan fingerprint density at radius 1 is 1.53 bits per heavy atom. The molecule has 0 saturated heterocycles. The summed E-state index contributed by atoms with van der Waals surface area (Å²) in [6, 6.07) is 0. The Morgan fingerprint density at radius 3 is 2.73 bits per heavy atom. The number of hydrogen-bond acceptors (Lipinski definition) is 3. The molecule has 0 aromatic rings. The molecular formula is C11H15BrO3. The summed E-state index contributed by atoms with van der Waals surface area (Å²) in [5, 5.41) is 19.6. The van der Waals surface area contributed by atoms with Crippen molar-refractivity contribution in [1.29, 1.82) is 0 Å². The number of aliphatic hydroxyl groups excluding tert-OH is 2. The Balaban J connectivity index is 2.75. The van der Waals surface area contributed by atoms with Crippen molar-refractivity contribution in [2.24, 2.45) is 0 Å². The number of hydrogen-bond donors (Lipinski definition) is 2. The lowest BCUT2D eigenvalue weighted by Gasteiger charge is -2.34. The summed E-state index contributed by atoms with van der Waals surface area (Å²) in [5.41, 5.74) is 1.40. The molecule has 1 aliphatic carbocycles. The van der Waals surface area contributed by atoms with E-state index in [9.17, 15) is 10.2 Å². The number of rotatable bonds is 3. The van der Waals surface area contributed by atoms with Crippen LogP contribution in [0.5, 0.6) is 0 Å². The molecule has 0 aromatic carbocycles. The van der Waals surface area contributed by atoms with Crippen LogP contribution in [0.15, 0.2) is 35.4 Å². The summed E-state index contributed by atoms with van der Waals surface area (Å²) in [5.74, 6) is 0. The van der Waals surface area contributed by atoms with Crippen molar-refractivity contribution < 1.29 is 14.9 Å². The SMILES string of the molecule is C=CCO[C@H]1[C@H](O)C/C(=C/Br)C(=C)[C@H]1O. The number of ether oxygens (including phenoxy) is 1. The topological polar surface area (TPSA) is 49.7 Å². The smallest absolute Gasteiger partial charge is 0.114 e. The molecule has 0 radical (unpaired) electrons. The molecule has 3 atom stereocenters. The van der Waals surface area contributed by atoms with E-state index in [2.05, 4.69) is 29.1 Å². The van der Waals surface area contributed by atoms with E-state index in [1.165, 1.54) is 0 Å². The Hall–Kier alpha value is -0.420. The Kier molecular flexibility index (Phi) is 4.73. The van der Waals surface area contributed by atoms with E-state index in [1.807, 2.05) is 0 Å². The van der Waals surface area contributed by atoms with Gasteiger partial charge in [0.25, 0.3) is 0 Å². The van der Waals surface area contributed by atoms with Gasteiger partial charge in [-0.1, -0.05) is 28.6 Å². The molecule has 15 heavy (non-hydrogen) atoms. The van der Waals surface area contributed by atoms with Crippen LogP contribution in [0.4, 0.5) is 0 Å². The normalized spacial score (nSPS) is 34.5. The Bertz CT molecular complexity index is 286. The molecule has 0 spiro atoms. The first-order chi connectivity index (χ1) is 7.11. The maximum atomic E-state index is 9.86. The molecular weight excluding hydrogens is 260 g/mol. The predicted octanol–water partition coefficient (Wildman–Crippen LogP) is 1.52. The molecule has 0 aliphatic heterocycles. The summed E-state index contributed by atoms with van der Waals surface area (Å²) in [4.78, 5) is 1.67. The van der Waals surface area contributed by atoms with Crippen LogP contribution in [0, 0.1) is 0 Å². The van der Waals surface area contributed by atoms with Crippen molar-refractivity contribution >= 4 is 15.9 Å². The molecule has 0 amide bonds. The zero-order valence-electron chi connectivity index (χ0n) is 8.40. The van der Waals surface area contributed by atoms with Crippen molar-refractivity contribution in [3.05, 3.63) is 35.4 Å². The first kappa shape index (κ1) is 12.6. The van der Waals surface area contributed by atoms with Crippen LogP contribution in [0.2, 0.25) is 0 Å². The van der Waals surface area contributed by atoms with Crippen molar-refractivity contribution in [3.8, 4) is 0 Å². The summed E-state index contributed by atoms with van der Waals surface area (Å²) in [6.07, 6.45) is -0.181. The van der Waals surface area contributed by atoms with Crippen LogP contribution in [-0.2, 0) is 4.74 Å². The fourth-order valence-corrected chi connectivity index (χ4v) is 2.05. The Morgan fingerprint density at radius 2 is 2.20 bits per heavy atom. The molecule has 0 aromatic heterocycles. The second kappa shape index (κ2) is 5.61. The molecule has 84 valence electrons. The van der Waals surface area contributed by atoms with E-state index in [4.69, 9.17) is 4.74 Å². The largest absolute Gasteiger partial charge is 0.390 e. The van der Waals surface area contributed by atoms with Crippen LogP contribution in [0.25, 0.3) is 0 Å². The second-order valence-corrected chi connectivity index (χ2v) is 3.92. The highest BCUT2D eigenvalue weighted by Crippen LogP contribution is 2.31. The van der Waals surface area contributed by atoms with Gasteiger partial charge in [-0.3, -0.25) is 0 Å². The van der Waals surface area contributed by atoms with Gasteiger partial charge in [0, 0.05) is 6.42 Å². The van der Waals surface area contributed by atoms with Crippen LogP contribution in [-0.4, -0.2) is 35.1 Å². The minimum absolute atomic E-state index is 0.305. The van der Waals surface area contributed by atoms with Crippen LogP contribution >= 0.6 is 15.9 Å². The second-order valence-electron chi connectivity index (χ2n) is 3.46. The molecule has 0 bridgehead atoms. The van der Waals surface area contributed by atoms with Gasteiger partial charge in [-0.05, 0) is 16.1 Å². The van der Waals surface area contributed by atoms with Gasteiger partial charge < -0.3 is 14.9 Å². The van der Waals surface area contributed by atoms with Gasteiger partial charge in [0.2, 0.25) is 0 Å². The monoisotopic (exact) mass is 274 g/mol. The molecule has 1 rings (SSSR count). The molecule has 1 fully saturated rings. The molecule has 0 heterocycles. The Labute approximate surface area is 97.9 Å². The number of aliphatic hydroxyl groups is 2. The molecule has 0 unspecified atom stereocenters. The van der Waals surface area contributed by atoms with E-state index in [0.717, 1.165) is 5.57 Å². The van der Waals surface area contributed by atoms with Gasteiger partial charge in [-0.2, -0.15) is 0 Å². The van der Waals surface area contributed by atoms with E-state index in [-0.39, 0.29) is 0 Å². The lowest BCUT2D eigenvalue weighted by atomic mass is 9.85. The third kappa shape index (κ3) is 2.78. The van der Waals surface area contributed by atoms with Gasteiger partial charge in [-0.25, -0.2) is 0 Å². The van der Waals surface area contributed by atoms with Crippen molar-refractivity contribution in [1.82, 2.24) is 0 Å². The van der Waals surface area contributed by atoms with Gasteiger partial charge in [0.15, 0.2) is 0 Å². The quantitative estimate of drug-likeness (QED) is 0.768. The highest BCUT2D eigenvalue weighted by atomic mass is 79.9. The highest BCUT2D eigenvalue weighted by Gasteiger charge is 2.36. The van der Waals surface area contributed by atoms with Crippen molar-refractivity contribution in [2.45, 2.75) is 24.7 Å². The maximum Gasteiger partial charge on any atom is 0.114 e. The molecule has 1 saturated carbocycles. The third-order valence-electron chi connectivity index (χ3n) is 2.43. The van der Waals surface area contributed by atoms with Gasteiger partial charge >= 0.3 is 0 Å². The fraction of sp³-hybridized carbons (Fsp3) is 0.455. The maximum absolute atomic E-state index is 9.86.